The lowest BCUT2D eigenvalue weighted by atomic mass is 10.1. The number of para-hydroxylation sites is 1. The number of hydrogen-bond acceptors (Lipinski definition) is 5. The fourth-order valence-corrected chi connectivity index (χ4v) is 3.72. The zero-order valence-electron chi connectivity index (χ0n) is 14.5. The first kappa shape index (κ1) is 17.1. The molecule has 6 heteroatoms. The van der Waals surface area contributed by atoms with Crippen LogP contribution in [0.2, 0.25) is 0 Å². The van der Waals surface area contributed by atoms with Crippen molar-refractivity contribution >= 4 is 38.9 Å². The summed E-state index contributed by atoms with van der Waals surface area (Å²) in [5, 5.41) is 3.54. The summed E-state index contributed by atoms with van der Waals surface area (Å²) in [7, 11) is 0. The third-order valence-electron chi connectivity index (χ3n) is 4.08. The monoisotopic (exact) mass is 373 g/mol. The molecule has 0 atom stereocenters. The fourth-order valence-electron chi connectivity index (χ4n) is 2.75. The van der Waals surface area contributed by atoms with E-state index in [2.05, 4.69) is 15.3 Å². The SMILES string of the molecule is CC(=O)c1cccc(NC(=O)c2cccnc2-c2nc3ccccc3s2)c1. The van der Waals surface area contributed by atoms with Gasteiger partial charge in [0, 0.05) is 17.4 Å². The van der Waals surface area contributed by atoms with Crippen LogP contribution in [0.3, 0.4) is 0 Å². The molecule has 0 saturated heterocycles. The Kier molecular flexibility index (Phi) is 4.48. The third-order valence-corrected chi connectivity index (χ3v) is 5.12. The Balaban J connectivity index is 1.69. The average Bonchev–Trinajstić information content (AvgIpc) is 3.12. The molecule has 0 saturated carbocycles. The number of benzene rings is 2. The van der Waals surface area contributed by atoms with E-state index in [4.69, 9.17) is 0 Å². The first-order valence-electron chi connectivity index (χ1n) is 8.35. The predicted molar refractivity (Wildman–Crippen MR) is 107 cm³/mol. The minimum Gasteiger partial charge on any atom is -0.322 e. The highest BCUT2D eigenvalue weighted by Gasteiger charge is 2.17. The molecule has 132 valence electrons. The number of pyridine rings is 1. The van der Waals surface area contributed by atoms with E-state index >= 15 is 0 Å². The van der Waals surface area contributed by atoms with Crippen LogP contribution in [0.5, 0.6) is 0 Å². The van der Waals surface area contributed by atoms with E-state index in [-0.39, 0.29) is 11.7 Å². The van der Waals surface area contributed by atoms with Gasteiger partial charge >= 0.3 is 0 Å². The van der Waals surface area contributed by atoms with Crippen LogP contribution < -0.4 is 5.32 Å². The lowest BCUT2D eigenvalue weighted by Crippen LogP contribution is -2.14. The Hall–Kier alpha value is -3.38. The Morgan fingerprint density at radius 1 is 1.00 bits per heavy atom. The lowest BCUT2D eigenvalue weighted by molar-refractivity contribution is 0.101. The number of carbonyl (C=O) groups is 2. The van der Waals surface area contributed by atoms with E-state index in [1.807, 2.05) is 24.3 Å². The van der Waals surface area contributed by atoms with Crippen LogP contribution >= 0.6 is 11.3 Å². The van der Waals surface area contributed by atoms with E-state index in [1.165, 1.54) is 18.3 Å². The number of nitrogens with one attached hydrogen (secondary N) is 1. The summed E-state index contributed by atoms with van der Waals surface area (Å²) in [5.41, 5.74) is 2.96. The molecular formula is C21H15N3O2S. The summed E-state index contributed by atoms with van der Waals surface area (Å²) in [4.78, 5) is 33.4. The zero-order chi connectivity index (χ0) is 18.8. The Morgan fingerprint density at radius 2 is 1.85 bits per heavy atom. The number of carbonyl (C=O) groups excluding carboxylic acids is 2. The van der Waals surface area contributed by atoms with Crippen molar-refractivity contribution in [2.24, 2.45) is 0 Å². The number of amides is 1. The Bertz CT molecular complexity index is 1130. The average molecular weight is 373 g/mol. The first-order chi connectivity index (χ1) is 13.1. The third kappa shape index (κ3) is 3.47. The summed E-state index contributed by atoms with van der Waals surface area (Å²) >= 11 is 1.50. The van der Waals surface area contributed by atoms with Crippen LogP contribution in [0.15, 0.2) is 66.9 Å². The number of nitrogens with zero attached hydrogens (tertiary/aromatic N) is 2. The molecule has 5 nitrogen and oxygen atoms in total. The second-order valence-corrected chi connectivity index (χ2v) is 7.01. The van der Waals surface area contributed by atoms with Crippen LogP contribution in [-0.2, 0) is 0 Å². The summed E-state index contributed by atoms with van der Waals surface area (Å²) < 4.78 is 1.04. The van der Waals surface area contributed by atoms with Gasteiger partial charge in [0.25, 0.3) is 5.91 Å². The number of hydrogen-bond donors (Lipinski definition) is 1. The highest BCUT2D eigenvalue weighted by Crippen LogP contribution is 2.31. The second kappa shape index (κ2) is 7.09. The van der Waals surface area contributed by atoms with Crippen LogP contribution in [-0.4, -0.2) is 21.7 Å². The van der Waals surface area contributed by atoms with E-state index in [0.29, 0.717) is 27.5 Å². The number of Topliss-reactive ketones (excluding diaryl/α,β-unsaturated/α-hetero) is 1. The van der Waals surface area contributed by atoms with E-state index in [1.54, 1.807) is 42.6 Å². The van der Waals surface area contributed by atoms with Crippen LogP contribution in [0.25, 0.3) is 20.9 Å². The van der Waals surface area contributed by atoms with Crippen molar-refractivity contribution in [3.8, 4) is 10.7 Å². The van der Waals surface area contributed by atoms with E-state index < -0.39 is 0 Å². The number of rotatable bonds is 4. The molecule has 0 radical (unpaired) electrons. The minimum absolute atomic E-state index is 0.0531. The van der Waals surface area contributed by atoms with Gasteiger partial charge < -0.3 is 5.32 Å². The van der Waals surface area contributed by atoms with Gasteiger partial charge in [-0.25, -0.2) is 4.98 Å². The maximum atomic E-state index is 12.8. The van der Waals surface area contributed by atoms with Gasteiger partial charge in [0.15, 0.2) is 5.78 Å². The Labute approximate surface area is 159 Å². The predicted octanol–water partition coefficient (Wildman–Crippen LogP) is 4.81. The Morgan fingerprint density at radius 3 is 2.67 bits per heavy atom. The molecule has 0 aliphatic carbocycles. The largest absolute Gasteiger partial charge is 0.322 e. The smallest absolute Gasteiger partial charge is 0.257 e. The number of anilines is 1. The first-order valence-corrected chi connectivity index (χ1v) is 9.17. The van der Waals surface area contributed by atoms with Gasteiger partial charge in [0.2, 0.25) is 0 Å². The quantitative estimate of drug-likeness (QED) is 0.521. The maximum Gasteiger partial charge on any atom is 0.257 e. The summed E-state index contributed by atoms with van der Waals surface area (Å²) in [6.45, 7) is 1.49. The molecular weight excluding hydrogens is 358 g/mol. The normalized spacial score (nSPS) is 10.7. The van der Waals surface area contributed by atoms with Crippen molar-refractivity contribution < 1.29 is 9.59 Å². The highest BCUT2D eigenvalue weighted by molar-refractivity contribution is 7.21. The molecule has 0 aliphatic rings. The molecule has 4 aromatic rings. The van der Waals surface area contributed by atoms with E-state index in [0.717, 1.165) is 10.2 Å². The molecule has 0 aliphatic heterocycles. The van der Waals surface area contributed by atoms with E-state index in [9.17, 15) is 9.59 Å². The zero-order valence-corrected chi connectivity index (χ0v) is 15.3. The van der Waals surface area contributed by atoms with Crippen molar-refractivity contribution in [1.29, 1.82) is 0 Å². The van der Waals surface area contributed by atoms with Crippen LogP contribution in [0.1, 0.15) is 27.6 Å². The van der Waals surface area contributed by atoms with Gasteiger partial charge in [-0.3, -0.25) is 14.6 Å². The maximum absolute atomic E-state index is 12.8. The molecule has 0 fully saturated rings. The van der Waals surface area contributed by atoms with Crippen molar-refractivity contribution in [2.75, 3.05) is 5.32 Å². The lowest BCUT2D eigenvalue weighted by Gasteiger charge is -2.08. The topological polar surface area (TPSA) is 72.0 Å². The van der Waals surface area contributed by atoms with Gasteiger partial charge in [-0.2, -0.15) is 0 Å². The number of fused-ring (bicyclic) bond motifs is 1. The molecule has 1 amide bonds. The number of aromatic nitrogens is 2. The molecule has 4 rings (SSSR count). The molecule has 2 aromatic carbocycles. The van der Waals surface area contributed by atoms with Gasteiger partial charge in [-0.1, -0.05) is 24.3 Å². The molecule has 2 aromatic heterocycles. The van der Waals surface area contributed by atoms with Gasteiger partial charge in [-0.05, 0) is 43.3 Å². The van der Waals surface area contributed by atoms with Gasteiger partial charge in [-0.15, -0.1) is 11.3 Å². The summed E-state index contributed by atoms with van der Waals surface area (Å²) in [6.07, 6.45) is 1.65. The highest BCUT2D eigenvalue weighted by atomic mass is 32.1. The fraction of sp³-hybridized carbons (Fsp3) is 0.0476. The van der Waals surface area contributed by atoms with Crippen molar-refractivity contribution in [2.45, 2.75) is 6.92 Å². The molecule has 2 heterocycles. The van der Waals surface area contributed by atoms with Crippen LogP contribution in [0.4, 0.5) is 5.69 Å². The van der Waals surface area contributed by atoms with Gasteiger partial charge in [0.05, 0.1) is 15.8 Å². The molecule has 27 heavy (non-hydrogen) atoms. The standard InChI is InChI=1S/C21H15N3O2S/c1-13(25)14-6-4-7-15(12-14)23-20(26)16-8-5-11-22-19(16)21-24-17-9-2-3-10-18(17)27-21/h2-12H,1H3,(H,23,26). The number of thiazole rings is 1. The van der Waals surface area contributed by atoms with Crippen molar-refractivity contribution in [3.63, 3.8) is 0 Å². The second-order valence-electron chi connectivity index (χ2n) is 5.98. The molecule has 0 spiro atoms. The summed E-state index contributed by atoms with van der Waals surface area (Å²) in [6, 6.07) is 18.1. The van der Waals surface area contributed by atoms with Gasteiger partial charge in [0.1, 0.15) is 10.7 Å². The minimum atomic E-state index is -0.293. The van der Waals surface area contributed by atoms with Crippen molar-refractivity contribution in [3.05, 3.63) is 78.0 Å². The molecule has 0 bridgehead atoms. The molecule has 0 unspecified atom stereocenters. The molecule has 1 N–H and O–H groups in total. The number of ketones is 1. The summed E-state index contributed by atoms with van der Waals surface area (Å²) in [5.74, 6) is -0.347. The van der Waals surface area contributed by atoms with Crippen LogP contribution in [0, 0.1) is 0 Å². The van der Waals surface area contributed by atoms with Crippen molar-refractivity contribution in [1.82, 2.24) is 9.97 Å².